The van der Waals surface area contributed by atoms with Gasteiger partial charge in [0.05, 0.1) is 11.6 Å². The van der Waals surface area contributed by atoms with Crippen molar-refractivity contribution in [2.45, 2.75) is 13.3 Å². The molecule has 1 fully saturated rings. The molecule has 0 aromatic heterocycles. The van der Waals surface area contributed by atoms with Gasteiger partial charge in [0.1, 0.15) is 0 Å². The normalized spacial score (nSPS) is 15.4. The molecular weight excluding hydrogens is 210 g/mol. The Morgan fingerprint density at radius 3 is 2.65 bits per heavy atom. The number of nitrogens with zero attached hydrogens (tertiary/aromatic N) is 2. The Hall–Kier alpha value is -1.53. The van der Waals surface area contributed by atoms with Crippen LogP contribution >= 0.6 is 0 Å². The third-order valence-corrected chi connectivity index (χ3v) is 3.18. The van der Waals surface area contributed by atoms with Gasteiger partial charge in [0.25, 0.3) is 0 Å². The van der Waals surface area contributed by atoms with E-state index >= 15 is 0 Å². The zero-order chi connectivity index (χ0) is 12.1. The third-order valence-electron chi connectivity index (χ3n) is 3.18. The molecule has 1 heterocycles. The molecule has 1 aliphatic rings. The molecule has 0 bridgehead atoms. The average Bonchev–Trinajstić information content (AvgIpc) is 2.32. The van der Waals surface area contributed by atoms with Crippen LogP contribution in [0.3, 0.4) is 0 Å². The zero-order valence-electron chi connectivity index (χ0n) is 10.3. The van der Waals surface area contributed by atoms with Gasteiger partial charge in [0.2, 0.25) is 0 Å². The minimum Gasteiger partial charge on any atom is -0.371 e. The van der Waals surface area contributed by atoms with Crippen molar-refractivity contribution in [2.24, 2.45) is 5.92 Å². The largest absolute Gasteiger partial charge is 0.371 e. The molecule has 1 aliphatic heterocycles. The molecule has 0 spiro atoms. The highest BCUT2D eigenvalue weighted by Crippen LogP contribution is 2.24. The maximum absolute atomic E-state index is 8.73. The summed E-state index contributed by atoms with van der Waals surface area (Å²) in [6, 6.07) is 9.99. The molecule has 0 saturated carbocycles. The van der Waals surface area contributed by atoms with E-state index in [1.807, 2.05) is 24.3 Å². The maximum atomic E-state index is 8.73. The predicted molar refractivity (Wildman–Crippen MR) is 70.0 cm³/mol. The van der Waals surface area contributed by atoms with E-state index in [0.717, 1.165) is 37.7 Å². The van der Waals surface area contributed by atoms with Crippen LogP contribution in [0.4, 0.5) is 5.69 Å². The van der Waals surface area contributed by atoms with Crippen LogP contribution in [0.15, 0.2) is 24.3 Å². The van der Waals surface area contributed by atoms with Gasteiger partial charge in [-0.05, 0) is 37.2 Å². The number of benzene rings is 1. The lowest BCUT2D eigenvalue weighted by molar-refractivity contribution is 0.386. The Morgan fingerprint density at radius 1 is 1.35 bits per heavy atom. The van der Waals surface area contributed by atoms with Crippen LogP contribution < -0.4 is 10.2 Å². The smallest absolute Gasteiger partial charge is 0.0991 e. The van der Waals surface area contributed by atoms with Crippen LogP contribution in [0.25, 0.3) is 0 Å². The van der Waals surface area contributed by atoms with E-state index in [4.69, 9.17) is 5.26 Å². The van der Waals surface area contributed by atoms with E-state index in [0.29, 0.717) is 0 Å². The highest BCUT2D eigenvalue weighted by molar-refractivity contribution is 5.51. The second-order valence-electron chi connectivity index (χ2n) is 4.63. The lowest BCUT2D eigenvalue weighted by Gasteiger charge is -2.41. The van der Waals surface area contributed by atoms with Crippen molar-refractivity contribution in [2.75, 3.05) is 31.1 Å². The van der Waals surface area contributed by atoms with Crippen LogP contribution in [-0.4, -0.2) is 26.2 Å². The van der Waals surface area contributed by atoms with E-state index in [1.165, 1.54) is 12.1 Å². The Kier molecular flexibility index (Phi) is 4.00. The van der Waals surface area contributed by atoms with E-state index < -0.39 is 0 Å². The molecule has 0 radical (unpaired) electrons. The standard InChI is InChI=1S/C14H19N3/c1-2-7-16-9-13-10-17(11-13)14-5-3-12(8-15)4-6-14/h3-6,13,16H,2,7,9-11H2,1H3. The predicted octanol–water partition coefficient (Wildman–Crippen LogP) is 1.99. The lowest BCUT2D eigenvalue weighted by Crippen LogP contribution is -2.50. The van der Waals surface area contributed by atoms with Gasteiger partial charge in [-0.15, -0.1) is 0 Å². The quantitative estimate of drug-likeness (QED) is 0.785. The van der Waals surface area contributed by atoms with E-state index in [9.17, 15) is 0 Å². The molecule has 2 rings (SSSR count). The molecular formula is C14H19N3. The first-order valence-electron chi connectivity index (χ1n) is 6.29. The molecule has 0 amide bonds. The number of hydrogen-bond acceptors (Lipinski definition) is 3. The number of hydrogen-bond donors (Lipinski definition) is 1. The number of nitriles is 1. The Morgan fingerprint density at radius 2 is 2.06 bits per heavy atom. The second-order valence-corrected chi connectivity index (χ2v) is 4.63. The summed E-state index contributed by atoms with van der Waals surface area (Å²) >= 11 is 0. The second kappa shape index (κ2) is 5.70. The van der Waals surface area contributed by atoms with Crippen LogP contribution in [0.5, 0.6) is 0 Å². The summed E-state index contributed by atoms with van der Waals surface area (Å²) in [5, 5.41) is 12.2. The minimum atomic E-state index is 0.732. The Bertz CT molecular complexity index is 385. The van der Waals surface area contributed by atoms with Gasteiger partial charge in [-0.1, -0.05) is 6.92 Å². The molecule has 0 atom stereocenters. The van der Waals surface area contributed by atoms with Crippen LogP contribution in [0.2, 0.25) is 0 Å². The van der Waals surface area contributed by atoms with Crippen LogP contribution in [0, 0.1) is 17.2 Å². The van der Waals surface area contributed by atoms with Gasteiger partial charge < -0.3 is 10.2 Å². The molecule has 17 heavy (non-hydrogen) atoms. The summed E-state index contributed by atoms with van der Waals surface area (Å²) in [5.74, 6) is 0.775. The van der Waals surface area contributed by atoms with E-state index in [1.54, 1.807) is 0 Å². The van der Waals surface area contributed by atoms with E-state index in [2.05, 4.69) is 23.2 Å². The highest BCUT2D eigenvalue weighted by atomic mass is 15.2. The van der Waals surface area contributed by atoms with Gasteiger partial charge in [0, 0.05) is 31.2 Å². The molecule has 90 valence electrons. The third kappa shape index (κ3) is 2.98. The number of rotatable bonds is 5. The van der Waals surface area contributed by atoms with Gasteiger partial charge in [-0.25, -0.2) is 0 Å². The first-order chi connectivity index (χ1) is 8.33. The Labute approximate surface area is 103 Å². The molecule has 3 heteroatoms. The number of nitrogens with one attached hydrogen (secondary N) is 1. The number of anilines is 1. The van der Waals surface area contributed by atoms with Gasteiger partial charge in [0.15, 0.2) is 0 Å². The summed E-state index contributed by atoms with van der Waals surface area (Å²) in [6.45, 7) is 6.69. The first-order valence-corrected chi connectivity index (χ1v) is 6.29. The topological polar surface area (TPSA) is 39.1 Å². The molecule has 0 unspecified atom stereocenters. The fourth-order valence-corrected chi connectivity index (χ4v) is 2.14. The molecule has 1 aromatic carbocycles. The minimum absolute atomic E-state index is 0.732. The SMILES string of the molecule is CCCNCC1CN(c2ccc(C#N)cc2)C1. The fraction of sp³-hybridized carbons (Fsp3) is 0.500. The van der Waals surface area contributed by atoms with Crippen molar-refractivity contribution in [3.8, 4) is 6.07 Å². The van der Waals surface area contributed by atoms with Crippen molar-refractivity contribution in [3.05, 3.63) is 29.8 Å². The maximum Gasteiger partial charge on any atom is 0.0991 e. The summed E-state index contributed by atoms with van der Waals surface area (Å²) in [6.07, 6.45) is 1.20. The molecule has 1 saturated heterocycles. The Balaban J connectivity index is 1.77. The molecule has 1 N–H and O–H groups in total. The zero-order valence-corrected chi connectivity index (χ0v) is 10.3. The van der Waals surface area contributed by atoms with Crippen molar-refractivity contribution >= 4 is 5.69 Å². The van der Waals surface area contributed by atoms with Gasteiger partial charge in [-0.2, -0.15) is 5.26 Å². The van der Waals surface area contributed by atoms with Crippen LogP contribution in [-0.2, 0) is 0 Å². The summed E-state index contributed by atoms with van der Waals surface area (Å²) in [7, 11) is 0. The average molecular weight is 229 g/mol. The van der Waals surface area contributed by atoms with Crippen molar-refractivity contribution < 1.29 is 0 Å². The summed E-state index contributed by atoms with van der Waals surface area (Å²) in [5.41, 5.74) is 1.96. The lowest BCUT2D eigenvalue weighted by atomic mass is 9.99. The molecule has 0 aliphatic carbocycles. The van der Waals surface area contributed by atoms with Gasteiger partial charge in [-0.3, -0.25) is 0 Å². The highest BCUT2D eigenvalue weighted by Gasteiger charge is 2.26. The van der Waals surface area contributed by atoms with E-state index in [-0.39, 0.29) is 0 Å². The van der Waals surface area contributed by atoms with Crippen molar-refractivity contribution in [1.82, 2.24) is 5.32 Å². The molecule has 3 nitrogen and oxygen atoms in total. The molecule has 1 aromatic rings. The summed E-state index contributed by atoms with van der Waals surface area (Å²) < 4.78 is 0. The fourth-order valence-electron chi connectivity index (χ4n) is 2.14. The summed E-state index contributed by atoms with van der Waals surface area (Å²) in [4.78, 5) is 2.36. The monoisotopic (exact) mass is 229 g/mol. The van der Waals surface area contributed by atoms with Crippen molar-refractivity contribution in [1.29, 1.82) is 5.26 Å². The van der Waals surface area contributed by atoms with Crippen molar-refractivity contribution in [3.63, 3.8) is 0 Å². The van der Waals surface area contributed by atoms with Gasteiger partial charge >= 0.3 is 0 Å². The first kappa shape index (κ1) is 11.9. The van der Waals surface area contributed by atoms with Crippen LogP contribution in [0.1, 0.15) is 18.9 Å².